The number of aliphatic hydroxyl groups is 1. The van der Waals surface area contributed by atoms with Gasteiger partial charge in [0.1, 0.15) is 0 Å². The molecule has 1 amide bonds. The summed E-state index contributed by atoms with van der Waals surface area (Å²) >= 11 is 0. The van der Waals surface area contributed by atoms with Gasteiger partial charge in [0.25, 0.3) is 0 Å². The molecule has 0 bridgehead atoms. The fraction of sp³-hybridized carbons (Fsp3) is 0.933. The number of amides is 1. The highest BCUT2D eigenvalue weighted by molar-refractivity contribution is 5.81. The molecule has 1 saturated carbocycles. The van der Waals surface area contributed by atoms with E-state index >= 15 is 0 Å². The van der Waals surface area contributed by atoms with Gasteiger partial charge >= 0.3 is 0 Å². The molecule has 1 rings (SSSR count). The Bertz CT molecular complexity index is 297. The minimum absolute atomic E-state index is 0.00514. The second-order valence-corrected chi connectivity index (χ2v) is 6.69. The van der Waals surface area contributed by atoms with E-state index in [4.69, 9.17) is 0 Å². The Labute approximate surface area is 117 Å². The van der Waals surface area contributed by atoms with E-state index < -0.39 is 0 Å². The zero-order valence-corrected chi connectivity index (χ0v) is 12.9. The summed E-state index contributed by atoms with van der Waals surface area (Å²) in [4.78, 5) is 12.1. The summed E-state index contributed by atoms with van der Waals surface area (Å²) in [5, 5.41) is 15.9. The first-order chi connectivity index (χ1) is 8.84. The van der Waals surface area contributed by atoms with Gasteiger partial charge in [0, 0.05) is 24.1 Å². The molecule has 0 aromatic heterocycles. The van der Waals surface area contributed by atoms with E-state index in [2.05, 4.69) is 17.6 Å². The Morgan fingerprint density at radius 2 is 1.95 bits per heavy atom. The molecule has 112 valence electrons. The van der Waals surface area contributed by atoms with E-state index in [0.717, 1.165) is 25.8 Å². The molecule has 0 aliphatic heterocycles. The highest BCUT2D eigenvalue weighted by Gasteiger charge is 2.34. The van der Waals surface area contributed by atoms with Crippen molar-refractivity contribution in [2.75, 3.05) is 13.2 Å². The summed E-state index contributed by atoms with van der Waals surface area (Å²) in [6.07, 6.45) is 5.40. The molecule has 0 heterocycles. The van der Waals surface area contributed by atoms with Crippen molar-refractivity contribution >= 4 is 5.91 Å². The van der Waals surface area contributed by atoms with Crippen molar-refractivity contribution in [2.45, 2.75) is 71.4 Å². The maximum absolute atomic E-state index is 12.1. The van der Waals surface area contributed by atoms with Gasteiger partial charge in [-0.3, -0.25) is 4.79 Å². The van der Waals surface area contributed by atoms with Crippen molar-refractivity contribution in [3.63, 3.8) is 0 Å². The van der Waals surface area contributed by atoms with Crippen LogP contribution in [0.3, 0.4) is 0 Å². The summed E-state index contributed by atoms with van der Waals surface area (Å²) in [6.45, 7) is 8.96. The molecule has 0 aromatic carbocycles. The zero-order valence-electron chi connectivity index (χ0n) is 12.9. The standard InChI is InChI=1S/C15H30N2O2/c1-5-14(3,4)17-13(19)12(2)16-10-15(11-18)8-6-7-9-15/h12,16,18H,5-11H2,1-4H3,(H,17,19). The van der Waals surface area contributed by atoms with Crippen LogP contribution in [0.25, 0.3) is 0 Å². The number of rotatable bonds is 7. The lowest BCUT2D eigenvalue weighted by Gasteiger charge is -2.30. The first-order valence-electron chi connectivity index (χ1n) is 7.50. The quantitative estimate of drug-likeness (QED) is 0.661. The van der Waals surface area contributed by atoms with Crippen molar-refractivity contribution in [3.8, 4) is 0 Å². The molecule has 4 heteroatoms. The maximum Gasteiger partial charge on any atom is 0.237 e. The van der Waals surface area contributed by atoms with Crippen LogP contribution < -0.4 is 10.6 Å². The summed E-state index contributed by atoms with van der Waals surface area (Å²) in [5.74, 6) is 0.0398. The van der Waals surface area contributed by atoms with Crippen LogP contribution in [-0.4, -0.2) is 35.7 Å². The van der Waals surface area contributed by atoms with Crippen LogP contribution in [-0.2, 0) is 4.79 Å². The van der Waals surface area contributed by atoms with Crippen molar-refractivity contribution in [2.24, 2.45) is 5.41 Å². The third kappa shape index (κ3) is 4.77. The zero-order chi connectivity index (χ0) is 14.5. The van der Waals surface area contributed by atoms with E-state index in [0.29, 0.717) is 0 Å². The van der Waals surface area contributed by atoms with Crippen molar-refractivity contribution in [1.82, 2.24) is 10.6 Å². The molecule has 1 fully saturated rings. The monoisotopic (exact) mass is 270 g/mol. The summed E-state index contributed by atoms with van der Waals surface area (Å²) < 4.78 is 0. The lowest BCUT2D eigenvalue weighted by atomic mass is 9.87. The highest BCUT2D eigenvalue weighted by atomic mass is 16.3. The van der Waals surface area contributed by atoms with Gasteiger partial charge in [-0.1, -0.05) is 19.8 Å². The minimum Gasteiger partial charge on any atom is -0.396 e. The number of nitrogens with one attached hydrogen (secondary N) is 2. The van der Waals surface area contributed by atoms with Gasteiger partial charge in [-0.25, -0.2) is 0 Å². The van der Waals surface area contributed by atoms with Crippen LogP contribution in [0.5, 0.6) is 0 Å². The second kappa shape index (κ2) is 6.71. The normalized spacial score (nSPS) is 20.3. The average Bonchev–Trinajstić information content (AvgIpc) is 2.85. The second-order valence-electron chi connectivity index (χ2n) is 6.69. The fourth-order valence-corrected chi connectivity index (χ4v) is 2.51. The van der Waals surface area contributed by atoms with Gasteiger partial charge in [-0.05, 0) is 40.0 Å². The lowest BCUT2D eigenvalue weighted by molar-refractivity contribution is -0.124. The molecular weight excluding hydrogens is 240 g/mol. The van der Waals surface area contributed by atoms with Gasteiger partial charge in [0.2, 0.25) is 5.91 Å². The van der Waals surface area contributed by atoms with Gasteiger partial charge in [0.05, 0.1) is 6.04 Å². The van der Waals surface area contributed by atoms with Gasteiger partial charge in [-0.15, -0.1) is 0 Å². The van der Waals surface area contributed by atoms with Crippen LogP contribution in [0, 0.1) is 5.41 Å². The Kier molecular flexibility index (Phi) is 5.81. The summed E-state index contributed by atoms with van der Waals surface area (Å²) in [5.41, 5.74) is -0.163. The first-order valence-corrected chi connectivity index (χ1v) is 7.50. The summed E-state index contributed by atoms with van der Waals surface area (Å²) in [7, 11) is 0. The van der Waals surface area contributed by atoms with E-state index in [1.165, 1.54) is 12.8 Å². The Hall–Kier alpha value is -0.610. The largest absolute Gasteiger partial charge is 0.396 e. The van der Waals surface area contributed by atoms with Gasteiger partial charge in [-0.2, -0.15) is 0 Å². The number of hydrogen-bond donors (Lipinski definition) is 3. The number of carbonyl (C=O) groups excluding carboxylic acids is 1. The van der Waals surface area contributed by atoms with Crippen LogP contribution in [0.15, 0.2) is 0 Å². The molecule has 3 N–H and O–H groups in total. The van der Waals surface area contributed by atoms with Crippen molar-refractivity contribution in [3.05, 3.63) is 0 Å². The number of carbonyl (C=O) groups is 1. The molecular formula is C15H30N2O2. The molecule has 0 radical (unpaired) electrons. The van der Waals surface area contributed by atoms with Gasteiger partial charge < -0.3 is 15.7 Å². The van der Waals surface area contributed by atoms with Crippen molar-refractivity contribution in [1.29, 1.82) is 0 Å². The Balaban J connectivity index is 2.42. The van der Waals surface area contributed by atoms with E-state index in [9.17, 15) is 9.90 Å². The molecule has 4 nitrogen and oxygen atoms in total. The lowest BCUT2D eigenvalue weighted by Crippen LogP contribution is -2.52. The van der Waals surface area contributed by atoms with Crippen LogP contribution in [0.4, 0.5) is 0 Å². The van der Waals surface area contributed by atoms with E-state index in [-0.39, 0.29) is 29.5 Å². The first kappa shape index (κ1) is 16.4. The molecule has 1 aliphatic rings. The van der Waals surface area contributed by atoms with Crippen LogP contribution in [0.2, 0.25) is 0 Å². The van der Waals surface area contributed by atoms with E-state index in [1.807, 2.05) is 20.8 Å². The number of aliphatic hydroxyl groups excluding tert-OH is 1. The Morgan fingerprint density at radius 3 is 2.42 bits per heavy atom. The van der Waals surface area contributed by atoms with E-state index in [1.54, 1.807) is 0 Å². The summed E-state index contributed by atoms with van der Waals surface area (Å²) in [6, 6.07) is -0.213. The smallest absolute Gasteiger partial charge is 0.237 e. The highest BCUT2D eigenvalue weighted by Crippen LogP contribution is 2.36. The molecule has 0 saturated heterocycles. The predicted octanol–water partition coefficient (Wildman–Crippen LogP) is 1.82. The third-order valence-electron chi connectivity index (χ3n) is 4.52. The third-order valence-corrected chi connectivity index (χ3v) is 4.52. The predicted molar refractivity (Wildman–Crippen MR) is 78.0 cm³/mol. The minimum atomic E-state index is -0.213. The average molecular weight is 270 g/mol. The molecule has 0 spiro atoms. The topological polar surface area (TPSA) is 61.4 Å². The SMILES string of the molecule is CCC(C)(C)NC(=O)C(C)NCC1(CO)CCCC1. The maximum atomic E-state index is 12.1. The number of hydrogen-bond acceptors (Lipinski definition) is 3. The molecule has 0 aromatic rings. The molecule has 1 unspecified atom stereocenters. The molecule has 1 atom stereocenters. The van der Waals surface area contributed by atoms with Crippen LogP contribution >= 0.6 is 0 Å². The molecule has 19 heavy (non-hydrogen) atoms. The fourth-order valence-electron chi connectivity index (χ4n) is 2.51. The molecule has 1 aliphatic carbocycles. The van der Waals surface area contributed by atoms with Crippen molar-refractivity contribution < 1.29 is 9.90 Å². The van der Waals surface area contributed by atoms with Crippen LogP contribution in [0.1, 0.15) is 59.8 Å². The van der Waals surface area contributed by atoms with Gasteiger partial charge in [0.15, 0.2) is 0 Å². The Morgan fingerprint density at radius 1 is 1.37 bits per heavy atom.